The fraction of sp³-hybridized carbons (Fsp3) is 0.692. The van der Waals surface area contributed by atoms with E-state index in [-0.39, 0.29) is 23.9 Å². The van der Waals surface area contributed by atoms with E-state index in [4.69, 9.17) is 5.11 Å². The third kappa shape index (κ3) is 3.10. The van der Waals surface area contributed by atoms with Crippen molar-refractivity contribution in [3.63, 3.8) is 0 Å². The molecule has 1 saturated heterocycles. The molecule has 1 atom stereocenters. The van der Waals surface area contributed by atoms with Crippen LogP contribution in [0.3, 0.4) is 0 Å². The second-order valence-corrected chi connectivity index (χ2v) is 5.40. The number of aliphatic carboxylic acids is 1. The molecule has 0 bridgehead atoms. The van der Waals surface area contributed by atoms with Gasteiger partial charge in [-0.25, -0.2) is 0 Å². The molecule has 5 nitrogen and oxygen atoms in total. The topological polar surface area (TPSA) is 60.9 Å². The second-order valence-electron chi connectivity index (χ2n) is 5.40. The number of piperazine rings is 1. The molecule has 18 heavy (non-hydrogen) atoms. The van der Waals surface area contributed by atoms with E-state index in [2.05, 4.69) is 20.4 Å². The van der Waals surface area contributed by atoms with Gasteiger partial charge < -0.3 is 10.0 Å². The summed E-state index contributed by atoms with van der Waals surface area (Å²) in [6.45, 7) is 9.07. The minimum atomic E-state index is -0.868. The van der Waals surface area contributed by atoms with Gasteiger partial charge in [-0.3, -0.25) is 14.5 Å². The molecule has 1 N–H and O–H groups in total. The van der Waals surface area contributed by atoms with E-state index in [1.807, 2.05) is 4.90 Å². The molecule has 0 spiro atoms. The SMILES string of the molecule is C=CCN1C(CCC(=O)O)C(=O)N(C)CC1(C)C. The van der Waals surface area contributed by atoms with Crippen LogP contribution in [0.25, 0.3) is 0 Å². The molecule has 1 fully saturated rings. The van der Waals surface area contributed by atoms with E-state index in [0.717, 1.165) is 0 Å². The maximum atomic E-state index is 12.2. The molecule has 0 aromatic carbocycles. The Balaban J connectivity index is 2.92. The highest BCUT2D eigenvalue weighted by Crippen LogP contribution is 2.27. The first kappa shape index (κ1) is 14.7. The minimum Gasteiger partial charge on any atom is -0.481 e. The van der Waals surface area contributed by atoms with Gasteiger partial charge in [0.1, 0.15) is 0 Å². The monoisotopic (exact) mass is 254 g/mol. The average Bonchev–Trinajstić information content (AvgIpc) is 2.24. The van der Waals surface area contributed by atoms with Gasteiger partial charge in [-0.2, -0.15) is 0 Å². The van der Waals surface area contributed by atoms with Crippen LogP contribution in [-0.2, 0) is 9.59 Å². The van der Waals surface area contributed by atoms with E-state index in [1.165, 1.54) is 0 Å². The second kappa shape index (κ2) is 5.52. The molecule has 0 aromatic rings. The lowest BCUT2D eigenvalue weighted by molar-refractivity contribution is -0.148. The summed E-state index contributed by atoms with van der Waals surface area (Å²) in [5, 5.41) is 8.78. The van der Waals surface area contributed by atoms with Crippen LogP contribution >= 0.6 is 0 Å². The van der Waals surface area contributed by atoms with Crippen molar-refractivity contribution in [1.82, 2.24) is 9.80 Å². The summed E-state index contributed by atoms with van der Waals surface area (Å²) < 4.78 is 0. The maximum absolute atomic E-state index is 12.2. The van der Waals surface area contributed by atoms with Gasteiger partial charge in [0.2, 0.25) is 5.91 Å². The van der Waals surface area contributed by atoms with Gasteiger partial charge in [-0.15, -0.1) is 6.58 Å². The predicted molar refractivity (Wildman–Crippen MR) is 69.3 cm³/mol. The zero-order valence-corrected chi connectivity index (χ0v) is 11.3. The Labute approximate surface area is 108 Å². The van der Waals surface area contributed by atoms with Crippen LogP contribution in [0.15, 0.2) is 12.7 Å². The molecule has 1 unspecified atom stereocenters. The smallest absolute Gasteiger partial charge is 0.303 e. The summed E-state index contributed by atoms with van der Waals surface area (Å²) in [5.41, 5.74) is -0.167. The van der Waals surface area contributed by atoms with Crippen molar-refractivity contribution in [3.8, 4) is 0 Å². The summed E-state index contributed by atoms with van der Waals surface area (Å²) in [6, 6.07) is -0.368. The van der Waals surface area contributed by atoms with Crippen molar-refractivity contribution in [1.29, 1.82) is 0 Å². The largest absolute Gasteiger partial charge is 0.481 e. The van der Waals surface area contributed by atoms with Crippen LogP contribution < -0.4 is 0 Å². The van der Waals surface area contributed by atoms with Crippen molar-refractivity contribution in [2.45, 2.75) is 38.3 Å². The highest BCUT2D eigenvalue weighted by molar-refractivity contribution is 5.83. The lowest BCUT2D eigenvalue weighted by Gasteiger charge is -2.50. The van der Waals surface area contributed by atoms with Gasteiger partial charge in [0.15, 0.2) is 0 Å². The van der Waals surface area contributed by atoms with E-state index < -0.39 is 5.97 Å². The first-order chi connectivity index (χ1) is 8.29. The first-order valence-corrected chi connectivity index (χ1v) is 6.14. The Morgan fingerprint density at radius 3 is 2.72 bits per heavy atom. The number of nitrogens with zero attached hydrogens (tertiary/aromatic N) is 2. The van der Waals surface area contributed by atoms with Gasteiger partial charge in [-0.05, 0) is 20.3 Å². The van der Waals surface area contributed by atoms with Crippen LogP contribution in [0.4, 0.5) is 0 Å². The van der Waals surface area contributed by atoms with Crippen molar-refractivity contribution >= 4 is 11.9 Å². The number of carbonyl (C=O) groups is 2. The Hall–Kier alpha value is -1.36. The Morgan fingerprint density at radius 2 is 2.22 bits per heavy atom. The molecular formula is C13H22N2O3. The highest BCUT2D eigenvalue weighted by atomic mass is 16.4. The average molecular weight is 254 g/mol. The number of carbonyl (C=O) groups excluding carboxylic acids is 1. The van der Waals surface area contributed by atoms with Crippen LogP contribution in [-0.4, -0.2) is 58.5 Å². The zero-order chi connectivity index (χ0) is 13.9. The third-order valence-electron chi connectivity index (χ3n) is 3.40. The summed E-state index contributed by atoms with van der Waals surface area (Å²) in [4.78, 5) is 26.6. The number of rotatable bonds is 5. The molecule has 1 aliphatic heterocycles. The quantitative estimate of drug-likeness (QED) is 0.742. The number of hydrogen-bond donors (Lipinski definition) is 1. The summed E-state index contributed by atoms with van der Waals surface area (Å²) in [6.07, 6.45) is 2.11. The number of amides is 1. The first-order valence-electron chi connectivity index (χ1n) is 6.14. The summed E-state index contributed by atoms with van der Waals surface area (Å²) in [7, 11) is 1.77. The minimum absolute atomic E-state index is 0.00238. The van der Waals surface area contributed by atoms with Crippen LogP contribution in [0, 0.1) is 0 Å². The molecule has 1 heterocycles. The predicted octanol–water partition coefficient (Wildman–Crippen LogP) is 0.958. The molecular weight excluding hydrogens is 232 g/mol. The maximum Gasteiger partial charge on any atom is 0.303 e. The van der Waals surface area contributed by atoms with E-state index in [1.54, 1.807) is 18.0 Å². The lowest BCUT2D eigenvalue weighted by atomic mass is 9.92. The molecule has 1 rings (SSSR count). The lowest BCUT2D eigenvalue weighted by Crippen LogP contribution is -2.65. The van der Waals surface area contributed by atoms with Crippen LogP contribution in [0.5, 0.6) is 0 Å². The molecule has 1 amide bonds. The van der Waals surface area contributed by atoms with Gasteiger partial charge in [0, 0.05) is 32.1 Å². The molecule has 1 aliphatic rings. The molecule has 0 saturated carbocycles. The number of hydrogen-bond acceptors (Lipinski definition) is 3. The molecule has 0 aliphatic carbocycles. The fourth-order valence-electron chi connectivity index (χ4n) is 2.61. The summed E-state index contributed by atoms with van der Waals surface area (Å²) in [5.74, 6) is -0.871. The Bertz CT molecular complexity index is 352. The molecule has 0 aromatic heterocycles. The number of carboxylic acids is 1. The van der Waals surface area contributed by atoms with Crippen molar-refractivity contribution < 1.29 is 14.7 Å². The normalized spacial score (nSPS) is 24.1. The van der Waals surface area contributed by atoms with Crippen LogP contribution in [0.1, 0.15) is 26.7 Å². The molecule has 0 radical (unpaired) electrons. The Morgan fingerprint density at radius 1 is 1.61 bits per heavy atom. The van der Waals surface area contributed by atoms with Gasteiger partial charge in [0.05, 0.1) is 6.04 Å². The van der Waals surface area contributed by atoms with E-state index in [9.17, 15) is 9.59 Å². The van der Waals surface area contributed by atoms with Crippen molar-refractivity contribution in [3.05, 3.63) is 12.7 Å². The van der Waals surface area contributed by atoms with E-state index >= 15 is 0 Å². The highest BCUT2D eigenvalue weighted by Gasteiger charge is 2.42. The molecule has 5 heteroatoms. The standard InChI is InChI=1S/C13H22N2O3/c1-5-8-15-10(6-7-11(16)17)12(18)14(4)9-13(15,2)3/h5,10H,1,6-9H2,2-4H3,(H,16,17). The molecule has 102 valence electrons. The van der Waals surface area contributed by atoms with E-state index in [0.29, 0.717) is 19.5 Å². The third-order valence-corrected chi connectivity index (χ3v) is 3.40. The van der Waals surface area contributed by atoms with Crippen LogP contribution in [0.2, 0.25) is 0 Å². The van der Waals surface area contributed by atoms with Gasteiger partial charge in [0.25, 0.3) is 0 Å². The zero-order valence-electron chi connectivity index (χ0n) is 11.3. The fourth-order valence-corrected chi connectivity index (χ4v) is 2.61. The number of likely N-dealkylation sites (N-methyl/N-ethyl adjacent to an activating group) is 1. The number of carboxylic acid groups (broad SMARTS) is 1. The Kier molecular flexibility index (Phi) is 4.51. The van der Waals surface area contributed by atoms with Gasteiger partial charge >= 0.3 is 5.97 Å². The van der Waals surface area contributed by atoms with Crippen molar-refractivity contribution in [2.24, 2.45) is 0 Å². The van der Waals surface area contributed by atoms with Crippen molar-refractivity contribution in [2.75, 3.05) is 20.1 Å². The summed E-state index contributed by atoms with van der Waals surface area (Å²) >= 11 is 0. The van der Waals surface area contributed by atoms with Gasteiger partial charge in [-0.1, -0.05) is 6.08 Å².